The van der Waals surface area contributed by atoms with Crippen LogP contribution in [0.2, 0.25) is 0 Å². The highest BCUT2D eigenvalue weighted by atomic mass is 32.1. The van der Waals surface area contributed by atoms with Gasteiger partial charge < -0.3 is 10.2 Å². The summed E-state index contributed by atoms with van der Waals surface area (Å²) in [6.45, 7) is 3.65. The van der Waals surface area contributed by atoms with E-state index >= 15 is 0 Å². The number of hydrogen-bond acceptors (Lipinski definition) is 6. The van der Waals surface area contributed by atoms with Crippen molar-refractivity contribution in [2.45, 2.75) is 38.5 Å². The van der Waals surface area contributed by atoms with E-state index in [0.29, 0.717) is 11.0 Å². The molecule has 0 bridgehead atoms. The van der Waals surface area contributed by atoms with E-state index in [1.165, 1.54) is 29.9 Å². The predicted molar refractivity (Wildman–Crippen MR) is 94.4 cm³/mol. The number of piperidine rings is 1. The minimum Gasteiger partial charge on any atom is -0.356 e. The molecular weight excluding hydrogens is 322 g/mol. The van der Waals surface area contributed by atoms with Gasteiger partial charge in [0.2, 0.25) is 5.91 Å². The Labute approximate surface area is 145 Å². The summed E-state index contributed by atoms with van der Waals surface area (Å²) in [5.41, 5.74) is 2.11. The van der Waals surface area contributed by atoms with Gasteiger partial charge in [-0.3, -0.25) is 4.79 Å². The molecule has 1 N–H and O–H groups in total. The number of nitrogens with one attached hydrogen (secondary N) is 1. The molecule has 2 fully saturated rings. The third kappa shape index (κ3) is 3.40. The molecule has 1 saturated heterocycles. The van der Waals surface area contributed by atoms with Gasteiger partial charge in [-0.15, -0.1) is 11.3 Å². The standard InChI is InChI=1S/C17H21N5OS/c1-11-9-24-17(20-11)21-16(23)13-4-6-22(7-5-13)15-8-14(12-2-3-12)18-10-19-15/h8-10,12-13H,2-7H2,1H3,(H,20,21,23). The second-order valence-electron chi connectivity index (χ2n) is 6.62. The molecule has 0 atom stereocenters. The number of anilines is 2. The molecule has 1 amide bonds. The van der Waals surface area contributed by atoms with Crippen molar-refractivity contribution in [1.82, 2.24) is 15.0 Å². The molecular formula is C17H21N5OS. The Kier molecular flexibility index (Phi) is 4.18. The smallest absolute Gasteiger partial charge is 0.229 e. The van der Waals surface area contributed by atoms with E-state index < -0.39 is 0 Å². The number of rotatable bonds is 4. The number of aryl methyl sites for hydroxylation is 1. The van der Waals surface area contributed by atoms with Gasteiger partial charge in [0.05, 0.1) is 5.69 Å². The zero-order valence-corrected chi connectivity index (χ0v) is 14.6. The molecule has 3 heterocycles. The third-order valence-electron chi connectivity index (χ3n) is 4.71. The van der Waals surface area contributed by atoms with Crippen LogP contribution in [-0.4, -0.2) is 33.9 Å². The van der Waals surface area contributed by atoms with Gasteiger partial charge in [0.15, 0.2) is 5.13 Å². The van der Waals surface area contributed by atoms with Gasteiger partial charge in [0.1, 0.15) is 12.1 Å². The van der Waals surface area contributed by atoms with Crippen LogP contribution in [0.4, 0.5) is 10.9 Å². The highest BCUT2D eigenvalue weighted by Crippen LogP contribution is 2.39. The number of thiazole rings is 1. The van der Waals surface area contributed by atoms with Crippen LogP contribution in [0.5, 0.6) is 0 Å². The van der Waals surface area contributed by atoms with Gasteiger partial charge in [-0.1, -0.05) is 0 Å². The summed E-state index contributed by atoms with van der Waals surface area (Å²) in [6, 6.07) is 2.12. The first-order valence-electron chi connectivity index (χ1n) is 8.49. The van der Waals surface area contributed by atoms with Crippen LogP contribution >= 0.6 is 11.3 Å². The highest BCUT2D eigenvalue weighted by molar-refractivity contribution is 7.13. The average molecular weight is 343 g/mol. The molecule has 1 aliphatic heterocycles. The summed E-state index contributed by atoms with van der Waals surface area (Å²) in [4.78, 5) is 27.8. The van der Waals surface area contributed by atoms with E-state index in [-0.39, 0.29) is 11.8 Å². The van der Waals surface area contributed by atoms with Gasteiger partial charge in [0, 0.05) is 42.1 Å². The average Bonchev–Trinajstić information content (AvgIpc) is 3.38. The summed E-state index contributed by atoms with van der Waals surface area (Å²) in [5, 5.41) is 5.59. The van der Waals surface area contributed by atoms with Crippen molar-refractivity contribution in [2.24, 2.45) is 5.92 Å². The van der Waals surface area contributed by atoms with Crippen LogP contribution in [0.1, 0.15) is 43.0 Å². The minimum absolute atomic E-state index is 0.0511. The summed E-state index contributed by atoms with van der Waals surface area (Å²) in [5.74, 6) is 1.78. The van der Waals surface area contributed by atoms with Crippen molar-refractivity contribution in [2.75, 3.05) is 23.3 Å². The lowest BCUT2D eigenvalue weighted by molar-refractivity contribution is -0.120. The Hall–Kier alpha value is -2.02. The summed E-state index contributed by atoms with van der Waals surface area (Å²) in [7, 11) is 0. The van der Waals surface area contributed by atoms with Crippen LogP contribution in [0.3, 0.4) is 0 Å². The Balaban J connectivity index is 1.34. The SMILES string of the molecule is Cc1csc(NC(=O)C2CCN(c3cc(C4CC4)ncn3)CC2)n1. The fourth-order valence-electron chi connectivity index (χ4n) is 3.13. The first-order chi connectivity index (χ1) is 11.7. The number of aromatic nitrogens is 3. The molecule has 4 rings (SSSR count). The van der Waals surface area contributed by atoms with Crippen molar-refractivity contribution in [3.05, 3.63) is 29.2 Å². The molecule has 6 nitrogen and oxygen atoms in total. The van der Waals surface area contributed by atoms with E-state index in [9.17, 15) is 4.79 Å². The maximum Gasteiger partial charge on any atom is 0.229 e. The molecule has 2 aromatic rings. The van der Waals surface area contributed by atoms with Crippen LogP contribution < -0.4 is 10.2 Å². The van der Waals surface area contributed by atoms with Crippen LogP contribution in [-0.2, 0) is 4.79 Å². The number of carbonyl (C=O) groups excluding carboxylic acids is 1. The Morgan fingerprint density at radius 1 is 1.25 bits per heavy atom. The van der Waals surface area contributed by atoms with Crippen molar-refractivity contribution >= 4 is 28.2 Å². The van der Waals surface area contributed by atoms with E-state index in [4.69, 9.17) is 0 Å². The van der Waals surface area contributed by atoms with E-state index in [2.05, 4.69) is 31.2 Å². The quantitative estimate of drug-likeness (QED) is 0.924. The second-order valence-corrected chi connectivity index (χ2v) is 7.48. The Morgan fingerprint density at radius 3 is 2.71 bits per heavy atom. The number of amides is 1. The van der Waals surface area contributed by atoms with E-state index in [0.717, 1.165) is 37.4 Å². The summed E-state index contributed by atoms with van der Waals surface area (Å²) >= 11 is 1.48. The fraction of sp³-hybridized carbons (Fsp3) is 0.529. The molecule has 0 aromatic carbocycles. The lowest BCUT2D eigenvalue weighted by Crippen LogP contribution is -2.38. The number of carbonyl (C=O) groups is 1. The van der Waals surface area contributed by atoms with Crippen molar-refractivity contribution in [3.8, 4) is 0 Å². The number of hydrogen-bond donors (Lipinski definition) is 1. The molecule has 1 saturated carbocycles. The lowest BCUT2D eigenvalue weighted by Gasteiger charge is -2.32. The lowest BCUT2D eigenvalue weighted by atomic mass is 9.96. The van der Waals surface area contributed by atoms with Crippen molar-refractivity contribution < 1.29 is 4.79 Å². The zero-order chi connectivity index (χ0) is 16.5. The highest BCUT2D eigenvalue weighted by Gasteiger charge is 2.28. The largest absolute Gasteiger partial charge is 0.356 e. The molecule has 126 valence electrons. The summed E-state index contributed by atoms with van der Waals surface area (Å²) < 4.78 is 0. The van der Waals surface area contributed by atoms with Gasteiger partial charge in [-0.2, -0.15) is 0 Å². The van der Waals surface area contributed by atoms with E-state index in [1.807, 2.05) is 12.3 Å². The Bertz CT molecular complexity index is 734. The topological polar surface area (TPSA) is 71.0 Å². The maximum absolute atomic E-state index is 12.4. The first-order valence-corrected chi connectivity index (χ1v) is 9.37. The van der Waals surface area contributed by atoms with Gasteiger partial charge in [-0.25, -0.2) is 15.0 Å². The van der Waals surface area contributed by atoms with Crippen molar-refractivity contribution in [1.29, 1.82) is 0 Å². The minimum atomic E-state index is 0.0511. The molecule has 0 radical (unpaired) electrons. The first kappa shape index (κ1) is 15.5. The molecule has 0 spiro atoms. The van der Waals surface area contributed by atoms with E-state index in [1.54, 1.807) is 6.33 Å². The van der Waals surface area contributed by atoms with Gasteiger partial charge in [0.25, 0.3) is 0 Å². The Morgan fingerprint density at radius 2 is 2.04 bits per heavy atom. The van der Waals surface area contributed by atoms with Gasteiger partial charge in [-0.05, 0) is 32.6 Å². The molecule has 24 heavy (non-hydrogen) atoms. The zero-order valence-electron chi connectivity index (χ0n) is 13.7. The van der Waals surface area contributed by atoms with Crippen molar-refractivity contribution in [3.63, 3.8) is 0 Å². The van der Waals surface area contributed by atoms with Crippen LogP contribution in [0, 0.1) is 12.8 Å². The number of nitrogens with zero attached hydrogens (tertiary/aromatic N) is 4. The molecule has 7 heteroatoms. The van der Waals surface area contributed by atoms with Gasteiger partial charge >= 0.3 is 0 Å². The van der Waals surface area contributed by atoms with Crippen LogP contribution in [0.15, 0.2) is 17.8 Å². The molecule has 1 aliphatic carbocycles. The molecule has 0 unspecified atom stereocenters. The third-order valence-corrected chi connectivity index (χ3v) is 5.58. The predicted octanol–water partition coefficient (Wildman–Crippen LogP) is 2.97. The monoisotopic (exact) mass is 343 g/mol. The normalized spacial score (nSPS) is 18.6. The molecule has 2 aliphatic rings. The maximum atomic E-state index is 12.4. The molecule has 2 aromatic heterocycles. The van der Waals surface area contributed by atoms with Crippen LogP contribution in [0.25, 0.3) is 0 Å². The fourth-order valence-corrected chi connectivity index (χ4v) is 3.82. The second kappa shape index (κ2) is 6.47. The summed E-state index contributed by atoms with van der Waals surface area (Å²) in [6.07, 6.45) is 5.86.